The van der Waals surface area contributed by atoms with Crippen molar-refractivity contribution < 1.29 is 40.7 Å². The molecule has 0 atom stereocenters. The quantitative estimate of drug-likeness (QED) is 0.198. The van der Waals surface area contributed by atoms with Crippen LogP contribution >= 0.6 is 34.2 Å². The third-order valence-electron chi connectivity index (χ3n) is 8.00. The third-order valence-corrected chi connectivity index (χ3v) is 9.10. The number of anilines is 1. The van der Waals surface area contributed by atoms with Gasteiger partial charge in [-0.2, -0.15) is 26.3 Å². The number of rotatable bonds is 5. The van der Waals surface area contributed by atoms with Crippen molar-refractivity contribution >= 4 is 49.8 Å². The highest BCUT2D eigenvalue weighted by atomic mass is 127. The van der Waals surface area contributed by atoms with Gasteiger partial charge in [-0.15, -0.1) is 0 Å². The molecule has 0 saturated carbocycles. The molecule has 3 aliphatic heterocycles. The summed E-state index contributed by atoms with van der Waals surface area (Å²) in [6.07, 6.45) is -13.2. The number of hydrogen-bond donors (Lipinski definition) is 0. The molecule has 0 unspecified atom stereocenters. The first kappa shape index (κ1) is 30.5. The molecule has 14 heteroatoms. The van der Waals surface area contributed by atoms with E-state index in [0.717, 1.165) is 61.5 Å². The number of benzene rings is 1. The van der Waals surface area contributed by atoms with Crippen LogP contribution in [0, 0.1) is 5.92 Å². The molecule has 218 valence electrons. The van der Waals surface area contributed by atoms with Gasteiger partial charge < -0.3 is 14.5 Å². The average Bonchev–Trinajstić information content (AvgIpc) is 3.22. The summed E-state index contributed by atoms with van der Waals surface area (Å²) >= 11 is 8.30. The fourth-order valence-corrected chi connectivity index (χ4v) is 6.77. The Morgan fingerprint density at radius 2 is 1.59 bits per heavy atom. The average molecular weight is 696 g/mol. The van der Waals surface area contributed by atoms with Gasteiger partial charge in [-0.1, -0.05) is 11.6 Å². The topological polar surface area (TPSA) is 53.1 Å². The van der Waals surface area contributed by atoms with Gasteiger partial charge in [-0.3, -0.25) is 9.69 Å². The van der Waals surface area contributed by atoms with E-state index in [1.807, 2.05) is 34.7 Å². The Hall–Kier alpha value is -1.48. The predicted octanol–water partition coefficient (Wildman–Crippen LogP) is 6.58. The van der Waals surface area contributed by atoms with E-state index in [9.17, 15) is 35.9 Å². The molecule has 0 bridgehead atoms. The summed E-state index contributed by atoms with van der Waals surface area (Å²) in [4.78, 5) is 29.3. The van der Waals surface area contributed by atoms with Crippen molar-refractivity contribution in [3.8, 4) is 0 Å². The van der Waals surface area contributed by atoms with Gasteiger partial charge >= 0.3 is 18.4 Å². The van der Waals surface area contributed by atoms with Gasteiger partial charge in [0, 0.05) is 54.9 Å². The summed E-state index contributed by atoms with van der Waals surface area (Å²) in [5.74, 6) is 0.0703. The van der Waals surface area contributed by atoms with Crippen LogP contribution in [-0.4, -0.2) is 76.4 Å². The molecule has 3 heterocycles. The number of carbonyl (C=O) groups is 2. The number of carbonyl (C=O) groups excluding carboxylic acids is 2. The van der Waals surface area contributed by atoms with Gasteiger partial charge in [-0.05, 0) is 91.4 Å². The van der Waals surface area contributed by atoms with Gasteiger partial charge in [0.05, 0.1) is 0 Å². The summed E-state index contributed by atoms with van der Waals surface area (Å²) in [5, 5.41) is 0.587. The number of alkyl halides is 6. The third kappa shape index (κ3) is 7.24. The minimum Gasteiger partial charge on any atom is -0.426 e. The molecule has 0 N–H and O–H groups in total. The Bertz CT molecular complexity index is 1040. The van der Waals surface area contributed by atoms with Gasteiger partial charge in [0.1, 0.15) is 0 Å². The van der Waals surface area contributed by atoms with Crippen molar-refractivity contribution in [2.45, 2.75) is 69.1 Å². The molecule has 3 fully saturated rings. The lowest BCUT2D eigenvalue weighted by Crippen LogP contribution is -2.54. The second-order valence-electron chi connectivity index (χ2n) is 10.5. The summed E-state index contributed by atoms with van der Waals surface area (Å²) < 4.78 is 81.0. The predicted molar refractivity (Wildman–Crippen MR) is 141 cm³/mol. The van der Waals surface area contributed by atoms with E-state index in [-0.39, 0.29) is 28.3 Å². The molecule has 1 aromatic carbocycles. The van der Waals surface area contributed by atoms with Crippen LogP contribution < -0.4 is 4.90 Å². The Balaban J connectivity index is 1.39. The molecule has 1 aromatic rings. The molecule has 39 heavy (non-hydrogen) atoms. The second kappa shape index (κ2) is 11.8. The standard InChI is InChI=1S/C25H29ClF6IN3O3/c26-18-12-16(13-19(14-18)34-8-2-17(3-9-34)20(33)37)15-36-7-1-4-23(36)5-10-35(11-6-23)22(38)39-21(24(27,28)29)25(30,31)32/h12-14,17,21H,1-11,15H2. The van der Waals surface area contributed by atoms with Crippen LogP contribution in [0.1, 0.15) is 44.1 Å². The zero-order valence-electron chi connectivity index (χ0n) is 21.0. The maximum absolute atomic E-state index is 12.8. The Kier molecular flexibility index (Phi) is 9.21. The van der Waals surface area contributed by atoms with Crippen LogP contribution in [0.25, 0.3) is 0 Å². The summed E-state index contributed by atoms with van der Waals surface area (Å²) in [7, 11) is 0. The van der Waals surface area contributed by atoms with E-state index in [2.05, 4.69) is 20.6 Å². The second-order valence-corrected chi connectivity index (χ2v) is 12.0. The van der Waals surface area contributed by atoms with Gasteiger partial charge in [0.25, 0.3) is 6.10 Å². The van der Waals surface area contributed by atoms with Crippen LogP contribution in [-0.2, 0) is 16.1 Å². The maximum Gasteiger partial charge on any atom is 0.434 e. The van der Waals surface area contributed by atoms with Crippen molar-refractivity contribution in [1.82, 2.24) is 9.80 Å². The molecule has 1 amide bonds. The minimum absolute atomic E-state index is 0.00302. The Morgan fingerprint density at radius 3 is 2.15 bits per heavy atom. The number of hydrogen-bond acceptors (Lipinski definition) is 5. The first-order chi connectivity index (χ1) is 18.2. The molecule has 1 spiro atoms. The van der Waals surface area contributed by atoms with Crippen LogP contribution in [0.15, 0.2) is 18.2 Å². The molecule has 0 aromatic heterocycles. The van der Waals surface area contributed by atoms with Gasteiger partial charge in [-0.25, -0.2) is 4.79 Å². The molecular weight excluding hydrogens is 667 g/mol. The maximum atomic E-state index is 12.8. The number of likely N-dealkylation sites (tertiary alicyclic amines) is 2. The summed E-state index contributed by atoms with van der Waals surface area (Å²) in [6, 6.07) is 5.86. The van der Waals surface area contributed by atoms with E-state index in [1.165, 1.54) is 0 Å². The van der Waals surface area contributed by atoms with Crippen molar-refractivity contribution in [2.24, 2.45) is 5.92 Å². The smallest absolute Gasteiger partial charge is 0.426 e. The molecular formula is C25H29ClF6IN3O3. The molecule has 4 rings (SSSR count). The lowest BCUT2D eigenvalue weighted by molar-refractivity contribution is -0.308. The van der Waals surface area contributed by atoms with E-state index in [1.54, 1.807) is 0 Å². The van der Waals surface area contributed by atoms with E-state index in [0.29, 0.717) is 24.4 Å². The lowest BCUT2D eigenvalue weighted by Gasteiger charge is -2.45. The molecule has 6 nitrogen and oxygen atoms in total. The van der Waals surface area contributed by atoms with Crippen LogP contribution in [0.4, 0.5) is 36.8 Å². The van der Waals surface area contributed by atoms with Crippen molar-refractivity contribution in [1.29, 1.82) is 0 Å². The van der Waals surface area contributed by atoms with Crippen molar-refractivity contribution in [3.05, 3.63) is 28.8 Å². The van der Waals surface area contributed by atoms with Crippen molar-refractivity contribution in [3.63, 3.8) is 0 Å². The number of halogens is 8. The summed E-state index contributed by atoms with van der Waals surface area (Å²) in [5.41, 5.74) is 1.66. The fourth-order valence-electron chi connectivity index (χ4n) is 5.90. The van der Waals surface area contributed by atoms with E-state index < -0.39 is 24.5 Å². The van der Waals surface area contributed by atoms with Crippen molar-refractivity contribution in [2.75, 3.05) is 37.6 Å². The highest BCUT2D eigenvalue weighted by molar-refractivity contribution is 14.1. The first-order valence-electron chi connectivity index (χ1n) is 12.8. The zero-order valence-corrected chi connectivity index (χ0v) is 23.9. The largest absolute Gasteiger partial charge is 0.434 e. The molecule has 0 radical (unpaired) electrons. The molecule has 3 saturated heterocycles. The van der Waals surface area contributed by atoms with Gasteiger partial charge in [0.2, 0.25) is 0 Å². The SMILES string of the molecule is O=C(I)C1CCN(c2cc(Cl)cc(CN3CCCC34CCN(C(=O)OC(C(F)(F)F)C(F)(F)F)CC4)c2)CC1. The van der Waals surface area contributed by atoms with E-state index >= 15 is 0 Å². The van der Waals surface area contributed by atoms with Crippen LogP contribution in [0.2, 0.25) is 5.02 Å². The number of nitrogens with zero attached hydrogens (tertiary/aromatic N) is 3. The highest BCUT2D eigenvalue weighted by Gasteiger charge is 2.60. The normalized spacial score (nSPS) is 21.2. The molecule has 0 aliphatic carbocycles. The number of amides is 1. The lowest BCUT2D eigenvalue weighted by atomic mass is 9.85. The summed E-state index contributed by atoms with van der Waals surface area (Å²) in [6.45, 7) is 2.86. The zero-order chi connectivity index (χ0) is 28.6. The minimum atomic E-state index is -5.74. The van der Waals surface area contributed by atoms with Crippen LogP contribution in [0.5, 0.6) is 0 Å². The first-order valence-corrected chi connectivity index (χ1v) is 14.2. The Labute approximate surface area is 241 Å². The number of ether oxygens (including phenoxy) is 1. The van der Waals surface area contributed by atoms with Crippen LogP contribution in [0.3, 0.4) is 0 Å². The van der Waals surface area contributed by atoms with Gasteiger partial charge in [0.15, 0.2) is 3.79 Å². The molecule has 3 aliphatic rings. The Morgan fingerprint density at radius 1 is 0.974 bits per heavy atom. The highest BCUT2D eigenvalue weighted by Crippen LogP contribution is 2.41. The number of piperidine rings is 2. The fraction of sp³-hybridized carbons (Fsp3) is 0.680. The monoisotopic (exact) mass is 695 g/mol. The van der Waals surface area contributed by atoms with E-state index in [4.69, 9.17) is 11.6 Å².